The predicted octanol–water partition coefficient (Wildman–Crippen LogP) is 2.85. The maximum Gasteiger partial charge on any atom is 0.323 e. The number of methoxy groups -OCH3 is 2. The maximum atomic E-state index is 12.7. The van der Waals surface area contributed by atoms with E-state index >= 15 is 0 Å². The summed E-state index contributed by atoms with van der Waals surface area (Å²) < 4.78 is 10.7. The van der Waals surface area contributed by atoms with Crippen molar-refractivity contribution in [3.8, 4) is 11.5 Å². The van der Waals surface area contributed by atoms with Gasteiger partial charge in [0.1, 0.15) is 0 Å². The number of imidazole rings is 1. The lowest BCUT2D eigenvalue weighted by Crippen LogP contribution is -2.13. The number of fused-ring (bicyclic) bond motifs is 1. The number of carbonyl (C=O) groups is 1. The van der Waals surface area contributed by atoms with Gasteiger partial charge in [0.25, 0.3) is 5.91 Å². The van der Waals surface area contributed by atoms with Crippen LogP contribution in [0.5, 0.6) is 11.5 Å². The van der Waals surface area contributed by atoms with Crippen molar-refractivity contribution in [2.45, 2.75) is 6.42 Å². The van der Waals surface area contributed by atoms with Crippen LogP contribution in [0.15, 0.2) is 47.8 Å². The first kappa shape index (κ1) is 17.3. The number of rotatable bonds is 6. The van der Waals surface area contributed by atoms with Gasteiger partial charge < -0.3 is 24.8 Å². The van der Waals surface area contributed by atoms with Crippen molar-refractivity contribution in [3.63, 3.8) is 0 Å². The first-order valence-electron chi connectivity index (χ1n) is 7.95. The van der Waals surface area contributed by atoms with Crippen LogP contribution in [0.2, 0.25) is 0 Å². The molecular weight excluding hydrogens is 334 g/mol. The summed E-state index contributed by atoms with van der Waals surface area (Å²) in [6.07, 6.45) is 2.27. The van der Waals surface area contributed by atoms with Crippen molar-refractivity contribution in [2.75, 3.05) is 19.5 Å². The molecule has 0 aliphatic rings. The van der Waals surface area contributed by atoms with Crippen molar-refractivity contribution in [3.05, 3.63) is 64.6 Å². The molecule has 134 valence electrons. The standard InChI is InChI=1S/C19H19N3O4/c1-4-5-11-8-12(9-16(25-2)17(11)26-3)18(23)20-13-6-7-14-15(10-13)22-19(24)21-14/h4,6-10H,1,5H2,2-3H3,(H,20,23)(H2,21,22,24). The van der Waals surface area contributed by atoms with Crippen molar-refractivity contribution >= 4 is 22.6 Å². The average Bonchev–Trinajstić information content (AvgIpc) is 3.00. The van der Waals surface area contributed by atoms with Crippen molar-refractivity contribution < 1.29 is 14.3 Å². The fourth-order valence-corrected chi connectivity index (χ4v) is 2.80. The monoisotopic (exact) mass is 353 g/mol. The fraction of sp³-hybridized carbons (Fsp3) is 0.158. The van der Waals surface area contributed by atoms with Crippen LogP contribution >= 0.6 is 0 Å². The number of nitrogens with one attached hydrogen (secondary N) is 3. The molecular formula is C19H19N3O4. The van der Waals surface area contributed by atoms with Gasteiger partial charge in [-0.15, -0.1) is 6.58 Å². The Hall–Kier alpha value is -3.48. The number of anilines is 1. The molecule has 0 saturated heterocycles. The number of allylic oxidation sites excluding steroid dienone is 1. The molecule has 0 spiro atoms. The molecule has 0 bridgehead atoms. The fourth-order valence-electron chi connectivity index (χ4n) is 2.80. The molecule has 0 radical (unpaired) electrons. The normalized spacial score (nSPS) is 10.5. The lowest BCUT2D eigenvalue weighted by atomic mass is 10.0. The minimum Gasteiger partial charge on any atom is -0.493 e. The molecule has 0 aliphatic carbocycles. The van der Waals surface area contributed by atoms with Crippen LogP contribution in [0.3, 0.4) is 0 Å². The minimum atomic E-state index is -0.298. The Labute approximate surface area is 149 Å². The summed E-state index contributed by atoms with van der Waals surface area (Å²) in [5, 5.41) is 2.82. The third-order valence-corrected chi connectivity index (χ3v) is 3.96. The molecule has 1 heterocycles. The van der Waals surface area contributed by atoms with E-state index in [-0.39, 0.29) is 11.6 Å². The molecule has 2 aromatic carbocycles. The highest BCUT2D eigenvalue weighted by atomic mass is 16.5. The van der Waals surface area contributed by atoms with E-state index in [0.717, 1.165) is 5.56 Å². The summed E-state index contributed by atoms with van der Waals surface area (Å²) in [7, 11) is 3.07. The summed E-state index contributed by atoms with van der Waals surface area (Å²) in [4.78, 5) is 29.3. The van der Waals surface area contributed by atoms with Crippen LogP contribution in [0, 0.1) is 0 Å². The summed E-state index contributed by atoms with van der Waals surface area (Å²) in [6.45, 7) is 3.73. The molecule has 26 heavy (non-hydrogen) atoms. The first-order chi connectivity index (χ1) is 12.5. The predicted molar refractivity (Wildman–Crippen MR) is 100 cm³/mol. The van der Waals surface area contributed by atoms with Gasteiger partial charge in [-0.25, -0.2) is 4.79 Å². The molecule has 7 heteroatoms. The van der Waals surface area contributed by atoms with E-state index in [0.29, 0.717) is 40.2 Å². The molecule has 1 aromatic heterocycles. The Bertz CT molecular complexity index is 1030. The van der Waals surface area contributed by atoms with Gasteiger partial charge >= 0.3 is 5.69 Å². The Balaban J connectivity index is 1.93. The van der Waals surface area contributed by atoms with E-state index in [4.69, 9.17) is 9.47 Å². The van der Waals surface area contributed by atoms with Crippen LogP contribution < -0.4 is 20.5 Å². The van der Waals surface area contributed by atoms with E-state index in [1.807, 2.05) is 0 Å². The quantitative estimate of drug-likeness (QED) is 0.594. The highest BCUT2D eigenvalue weighted by molar-refractivity contribution is 6.05. The summed E-state index contributed by atoms with van der Waals surface area (Å²) in [5.41, 5.74) is 2.80. The number of hydrogen-bond donors (Lipinski definition) is 3. The second-order valence-corrected chi connectivity index (χ2v) is 5.66. The summed E-state index contributed by atoms with van der Waals surface area (Å²) in [5.74, 6) is 0.756. The topological polar surface area (TPSA) is 96.2 Å². The number of ether oxygens (including phenoxy) is 2. The van der Waals surface area contributed by atoms with Gasteiger partial charge in [0.2, 0.25) is 0 Å². The van der Waals surface area contributed by atoms with Crippen molar-refractivity contribution in [1.82, 2.24) is 9.97 Å². The van der Waals surface area contributed by atoms with Gasteiger partial charge in [0.15, 0.2) is 11.5 Å². The third-order valence-electron chi connectivity index (χ3n) is 3.96. The van der Waals surface area contributed by atoms with Gasteiger partial charge in [-0.05, 0) is 36.8 Å². The highest BCUT2D eigenvalue weighted by Gasteiger charge is 2.16. The Morgan fingerprint density at radius 2 is 1.92 bits per heavy atom. The number of hydrogen-bond acceptors (Lipinski definition) is 4. The average molecular weight is 353 g/mol. The van der Waals surface area contributed by atoms with Gasteiger partial charge in [0.05, 0.1) is 25.3 Å². The Kier molecular flexibility index (Phi) is 4.79. The zero-order valence-corrected chi connectivity index (χ0v) is 14.5. The van der Waals surface area contributed by atoms with Crippen LogP contribution in [0.25, 0.3) is 11.0 Å². The number of H-pyrrole nitrogens is 2. The van der Waals surface area contributed by atoms with Crippen LogP contribution in [-0.4, -0.2) is 30.1 Å². The number of amides is 1. The van der Waals surface area contributed by atoms with Gasteiger partial charge in [-0.2, -0.15) is 0 Å². The molecule has 3 N–H and O–H groups in total. The van der Waals surface area contributed by atoms with Gasteiger partial charge in [-0.3, -0.25) is 4.79 Å². The number of aromatic nitrogens is 2. The molecule has 0 unspecified atom stereocenters. The smallest absolute Gasteiger partial charge is 0.323 e. The third kappa shape index (κ3) is 3.32. The number of carbonyl (C=O) groups excluding carboxylic acids is 1. The van der Waals surface area contributed by atoms with E-state index < -0.39 is 0 Å². The zero-order chi connectivity index (χ0) is 18.7. The van der Waals surface area contributed by atoms with Gasteiger partial charge in [-0.1, -0.05) is 6.08 Å². The lowest BCUT2D eigenvalue weighted by Gasteiger charge is -2.14. The molecule has 3 rings (SSSR count). The minimum absolute atomic E-state index is 0.294. The maximum absolute atomic E-state index is 12.7. The summed E-state index contributed by atoms with van der Waals surface area (Å²) in [6, 6.07) is 8.50. The molecule has 7 nitrogen and oxygen atoms in total. The van der Waals surface area contributed by atoms with E-state index in [2.05, 4.69) is 21.9 Å². The molecule has 1 amide bonds. The number of benzene rings is 2. The van der Waals surface area contributed by atoms with Crippen LogP contribution in [0.1, 0.15) is 15.9 Å². The molecule has 0 atom stereocenters. The van der Waals surface area contributed by atoms with E-state index in [1.165, 1.54) is 7.11 Å². The number of aromatic amines is 2. The Morgan fingerprint density at radius 3 is 2.62 bits per heavy atom. The SMILES string of the molecule is C=CCc1cc(C(=O)Nc2ccc3[nH]c(=O)[nH]c3c2)cc(OC)c1OC. The highest BCUT2D eigenvalue weighted by Crippen LogP contribution is 2.33. The van der Waals surface area contributed by atoms with Crippen LogP contribution in [0.4, 0.5) is 5.69 Å². The van der Waals surface area contributed by atoms with Crippen molar-refractivity contribution in [2.24, 2.45) is 0 Å². The van der Waals surface area contributed by atoms with Crippen molar-refractivity contribution in [1.29, 1.82) is 0 Å². The van der Waals surface area contributed by atoms with E-state index in [1.54, 1.807) is 43.5 Å². The molecule has 3 aromatic rings. The first-order valence-corrected chi connectivity index (χ1v) is 7.95. The second-order valence-electron chi connectivity index (χ2n) is 5.66. The molecule has 0 fully saturated rings. The summed E-state index contributed by atoms with van der Waals surface area (Å²) >= 11 is 0. The largest absolute Gasteiger partial charge is 0.493 e. The zero-order valence-electron chi connectivity index (χ0n) is 14.5. The van der Waals surface area contributed by atoms with Crippen LogP contribution in [-0.2, 0) is 6.42 Å². The molecule has 0 saturated carbocycles. The lowest BCUT2D eigenvalue weighted by molar-refractivity contribution is 0.102. The second kappa shape index (κ2) is 7.18. The molecule has 0 aliphatic heterocycles. The van der Waals surface area contributed by atoms with E-state index in [9.17, 15) is 9.59 Å². The van der Waals surface area contributed by atoms with Gasteiger partial charge in [0, 0.05) is 16.8 Å². The Morgan fingerprint density at radius 1 is 1.15 bits per heavy atom.